The first-order chi connectivity index (χ1) is 27.0. The Balaban J connectivity index is 0.000000404. The standard InChI is InChI=1S/C19H14N4O8S.C16H13N5O4.Cr.Na/c1-2-17(25)20-11-4-3-10-7-16(32(29,30)31)18(19(26)13(10)8-11)22-21-14-9-12(23(27)28)5-6-15(14)24;1-10-15(16(23)20(19-10)11-5-3-2-4-6-11)18-17-13-9-12(21(24)25)7-8-14(13)22;;/h2-9,24,26H,1H2,(H,20,25)(H,29,30,31);2-9,22-23H,1H3;;/q;;+3;+1/p-4. The van der Waals surface area contributed by atoms with Crippen molar-refractivity contribution in [1.29, 1.82) is 0 Å². The van der Waals surface area contributed by atoms with Gasteiger partial charge < -0.3 is 30.3 Å². The number of nitro benzene ring substituents is 2. The molecule has 1 amide bonds. The topological polar surface area (TPSA) is 332 Å². The summed E-state index contributed by atoms with van der Waals surface area (Å²) in [6, 6.07) is 19.3. The molecule has 1 aromatic heterocycles. The molecule has 0 saturated carbocycles. The Labute approximate surface area is 366 Å². The van der Waals surface area contributed by atoms with Crippen molar-refractivity contribution >= 4 is 66.6 Å². The molecule has 0 fully saturated rings. The first kappa shape index (κ1) is 46.8. The minimum Gasteiger partial charge on any atom is -0.871 e. The van der Waals surface area contributed by atoms with Crippen LogP contribution in [-0.4, -0.2) is 38.5 Å². The smallest absolute Gasteiger partial charge is 0.871 e. The number of aryl methyl sites for hydroxylation is 1. The predicted molar refractivity (Wildman–Crippen MR) is 192 cm³/mol. The molecule has 5 aromatic carbocycles. The SMILES string of the molecule is C=CC(=O)Nc1ccc2cc(S(=O)(=O)[O-])c(N=Nc3cc([N+](=O)[O-])ccc3[O-])c([O-])c2c1.Cc1nn(-c2ccccc2)c([O-])c1N=Nc1cc([N+](=O)[O-])ccc1[O-].[Cr+3].[H+].[Na+]. The van der Waals surface area contributed by atoms with Crippen molar-refractivity contribution in [3.05, 3.63) is 130 Å². The van der Waals surface area contributed by atoms with Crippen LogP contribution in [0.1, 0.15) is 7.12 Å². The van der Waals surface area contributed by atoms with E-state index in [2.05, 4.69) is 37.5 Å². The molecule has 1 radical (unpaired) electrons. The summed E-state index contributed by atoms with van der Waals surface area (Å²) in [6.07, 6.45) is 0.995. The Kier molecular flexibility index (Phi) is 15.6. The van der Waals surface area contributed by atoms with Gasteiger partial charge in [0.25, 0.3) is 11.4 Å². The number of benzene rings is 5. The van der Waals surface area contributed by atoms with Crippen LogP contribution in [0.3, 0.4) is 0 Å². The summed E-state index contributed by atoms with van der Waals surface area (Å²) in [5, 5.41) is 91.6. The first-order valence-electron chi connectivity index (χ1n) is 15.7. The second kappa shape index (κ2) is 19.7. The molecule has 0 atom stereocenters. The molecular formula is C35H23CrN9NaO12S. The number of hydrogen-bond acceptors (Lipinski definition) is 17. The van der Waals surface area contributed by atoms with Crippen molar-refractivity contribution in [3.63, 3.8) is 0 Å². The number of fused-ring (bicyclic) bond motifs is 1. The fourth-order valence-electron chi connectivity index (χ4n) is 4.84. The minimum absolute atomic E-state index is 0. The maximum atomic E-state index is 12.9. The predicted octanol–water partition coefficient (Wildman–Crippen LogP) is 2.10. The number of hydrogen-bond donors (Lipinski definition) is 1. The number of nitrogens with zero attached hydrogens (tertiary/aromatic N) is 8. The molecule has 6 rings (SSSR count). The van der Waals surface area contributed by atoms with Crippen molar-refractivity contribution in [1.82, 2.24) is 9.78 Å². The number of non-ortho nitro benzene ring substituents is 2. The van der Waals surface area contributed by atoms with E-state index in [1.54, 1.807) is 31.2 Å². The molecule has 293 valence electrons. The number of azo groups is 2. The van der Waals surface area contributed by atoms with E-state index < -0.39 is 71.0 Å². The van der Waals surface area contributed by atoms with E-state index in [4.69, 9.17) is 0 Å². The number of carbonyl (C=O) groups is 1. The summed E-state index contributed by atoms with van der Waals surface area (Å²) in [5.41, 5.74) is -1.37. The molecule has 0 unspecified atom stereocenters. The normalized spacial score (nSPS) is 10.9. The van der Waals surface area contributed by atoms with Crippen LogP contribution in [0, 0.1) is 27.2 Å². The fraction of sp³-hybridized carbons (Fsp3) is 0.0286. The second-order valence-electron chi connectivity index (χ2n) is 11.3. The average molecular weight is 869 g/mol. The van der Waals surface area contributed by atoms with Crippen LogP contribution in [0.4, 0.5) is 39.8 Å². The van der Waals surface area contributed by atoms with Gasteiger partial charge in [-0.3, -0.25) is 25.0 Å². The van der Waals surface area contributed by atoms with Crippen LogP contribution in [0.5, 0.6) is 23.1 Å². The Bertz CT molecular complexity index is 2780. The maximum absolute atomic E-state index is 12.9. The molecule has 21 nitrogen and oxygen atoms in total. The molecule has 0 spiro atoms. The summed E-state index contributed by atoms with van der Waals surface area (Å²) in [4.78, 5) is 30.7. The number of aromatic nitrogens is 2. The summed E-state index contributed by atoms with van der Waals surface area (Å²) >= 11 is 0. The molecule has 1 N–H and O–H groups in total. The van der Waals surface area contributed by atoms with Gasteiger partial charge in [-0.05, 0) is 54.1 Å². The van der Waals surface area contributed by atoms with E-state index in [0.29, 0.717) is 11.4 Å². The van der Waals surface area contributed by atoms with Crippen LogP contribution in [0.2, 0.25) is 0 Å². The van der Waals surface area contributed by atoms with E-state index in [9.17, 15) is 58.4 Å². The summed E-state index contributed by atoms with van der Waals surface area (Å²) < 4.78 is 36.3. The Morgan fingerprint density at radius 1 is 0.814 bits per heavy atom. The average Bonchev–Trinajstić information content (AvgIpc) is 3.46. The van der Waals surface area contributed by atoms with Crippen molar-refractivity contribution in [2.24, 2.45) is 20.5 Å². The third-order valence-corrected chi connectivity index (χ3v) is 8.42. The molecule has 59 heavy (non-hydrogen) atoms. The molecule has 0 aliphatic heterocycles. The number of amides is 1. The van der Waals surface area contributed by atoms with Crippen LogP contribution >= 0.6 is 0 Å². The molecule has 0 aliphatic rings. The largest absolute Gasteiger partial charge is 3.00 e. The van der Waals surface area contributed by atoms with Crippen LogP contribution in [-0.2, 0) is 32.3 Å². The van der Waals surface area contributed by atoms with E-state index in [-0.39, 0.29) is 81.9 Å². The van der Waals surface area contributed by atoms with Crippen LogP contribution in [0.25, 0.3) is 16.5 Å². The third kappa shape index (κ3) is 11.1. The number of nitrogens with one attached hydrogen (secondary N) is 1. The number of nitro groups is 2. The van der Waals surface area contributed by atoms with Crippen LogP contribution in [0.15, 0.2) is 129 Å². The number of carbonyl (C=O) groups excluding carboxylic acids is 1. The van der Waals surface area contributed by atoms with E-state index in [1.807, 2.05) is 6.07 Å². The molecule has 0 saturated heterocycles. The van der Waals surface area contributed by atoms with Gasteiger partial charge in [0.05, 0.1) is 43.2 Å². The number of para-hydroxylation sites is 1. The van der Waals surface area contributed by atoms with Gasteiger partial charge in [-0.1, -0.05) is 60.2 Å². The van der Waals surface area contributed by atoms with Gasteiger partial charge in [0.15, 0.2) is 0 Å². The maximum Gasteiger partial charge on any atom is 3.00 e. The van der Waals surface area contributed by atoms with E-state index >= 15 is 0 Å². The fourth-order valence-corrected chi connectivity index (χ4v) is 5.49. The van der Waals surface area contributed by atoms with E-state index in [0.717, 1.165) is 48.5 Å². The molecule has 1 heterocycles. The van der Waals surface area contributed by atoms with Gasteiger partial charge in [-0.25, -0.2) is 13.1 Å². The van der Waals surface area contributed by atoms with Gasteiger partial charge in [0, 0.05) is 35.8 Å². The summed E-state index contributed by atoms with van der Waals surface area (Å²) in [6.45, 7) is 4.88. The molecule has 0 bridgehead atoms. The number of anilines is 1. The molecule has 24 heteroatoms. The monoisotopic (exact) mass is 868 g/mol. The van der Waals surface area contributed by atoms with Crippen molar-refractivity contribution in [2.75, 3.05) is 5.32 Å². The van der Waals surface area contributed by atoms with Gasteiger partial charge >= 0.3 is 48.3 Å². The van der Waals surface area contributed by atoms with Gasteiger partial charge in [-0.15, -0.1) is 10.2 Å². The molecule has 6 aromatic rings. The Morgan fingerprint density at radius 3 is 1.86 bits per heavy atom. The third-order valence-electron chi connectivity index (χ3n) is 7.57. The summed E-state index contributed by atoms with van der Waals surface area (Å²) in [7, 11) is -5.19. The zero-order valence-corrected chi connectivity index (χ0v) is 34.3. The van der Waals surface area contributed by atoms with Gasteiger partial charge in [0.1, 0.15) is 15.8 Å². The Morgan fingerprint density at radius 2 is 1.36 bits per heavy atom. The Hall–Kier alpha value is -6.58. The quantitative estimate of drug-likeness (QED) is 0.0515. The van der Waals surface area contributed by atoms with Crippen molar-refractivity contribution < 1.29 is 96.4 Å². The van der Waals surface area contributed by atoms with Gasteiger partial charge in [-0.2, -0.15) is 15.3 Å². The zero-order chi connectivity index (χ0) is 41.6. The number of rotatable bonds is 10. The van der Waals surface area contributed by atoms with E-state index in [1.165, 1.54) is 22.9 Å². The van der Waals surface area contributed by atoms with Gasteiger partial charge in [0.2, 0.25) is 5.91 Å². The van der Waals surface area contributed by atoms with Crippen molar-refractivity contribution in [2.45, 2.75) is 11.8 Å². The molecular weight excluding hydrogens is 845 g/mol. The van der Waals surface area contributed by atoms with Crippen LogP contribution < -0.4 is 55.3 Å². The minimum atomic E-state index is -5.19. The second-order valence-corrected chi connectivity index (χ2v) is 12.7. The first-order valence-corrected chi connectivity index (χ1v) is 17.1. The zero-order valence-electron chi connectivity index (χ0n) is 31.2. The summed E-state index contributed by atoms with van der Waals surface area (Å²) in [5.74, 6) is -3.40. The molecule has 0 aliphatic carbocycles. The van der Waals surface area contributed by atoms with Crippen molar-refractivity contribution in [3.8, 4) is 28.8 Å².